The van der Waals surface area contributed by atoms with Gasteiger partial charge >= 0.3 is 0 Å². The Kier molecular flexibility index (Phi) is 2.17. The summed E-state index contributed by atoms with van der Waals surface area (Å²) in [6.07, 6.45) is 3.09. The van der Waals surface area contributed by atoms with E-state index in [0.29, 0.717) is 5.56 Å². The number of hydrogen-bond acceptors (Lipinski definition) is 3. The molecular weight excluding hydrogens is 214 g/mol. The van der Waals surface area contributed by atoms with Crippen molar-refractivity contribution in [1.29, 1.82) is 5.26 Å². The van der Waals surface area contributed by atoms with Gasteiger partial charge in [-0.15, -0.1) is 0 Å². The van der Waals surface area contributed by atoms with E-state index in [1.807, 2.05) is 18.2 Å². The topological polar surface area (TPSA) is 64.9 Å². The molecule has 1 spiro atoms. The second-order valence-corrected chi connectivity index (χ2v) is 4.70. The van der Waals surface area contributed by atoms with Crippen LogP contribution in [0.3, 0.4) is 0 Å². The first-order chi connectivity index (χ1) is 8.24. The van der Waals surface area contributed by atoms with Crippen LogP contribution in [0.25, 0.3) is 0 Å². The van der Waals surface area contributed by atoms with Crippen LogP contribution in [0.5, 0.6) is 0 Å². The minimum atomic E-state index is -0.383. The molecule has 2 fully saturated rings. The van der Waals surface area contributed by atoms with Crippen molar-refractivity contribution in [3.05, 3.63) is 35.4 Å². The molecule has 3 rings (SSSR count). The first-order valence-electron chi connectivity index (χ1n) is 5.83. The maximum atomic E-state index is 12.0. The summed E-state index contributed by atoms with van der Waals surface area (Å²) in [4.78, 5) is 12.0. The molecular formula is C13H13N3O. The zero-order valence-corrected chi connectivity index (χ0v) is 9.36. The zero-order chi connectivity index (χ0) is 11.9. The molecule has 1 amide bonds. The van der Waals surface area contributed by atoms with Gasteiger partial charge in [0.1, 0.15) is 6.04 Å². The minimum absolute atomic E-state index is 0.0209. The summed E-state index contributed by atoms with van der Waals surface area (Å²) >= 11 is 0. The van der Waals surface area contributed by atoms with Gasteiger partial charge in [0.05, 0.1) is 17.3 Å². The lowest BCUT2D eigenvalue weighted by Crippen LogP contribution is -2.55. The van der Waals surface area contributed by atoms with Crippen molar-refractivity contribution < 1.29 is 4.79 Å². The Morgan fingerprint density at radius 1 is 1.35 bits per heavy atom. The van der Waals surface area contributed by atoms with Gasteiger partial charge in [-0.25, -0.2) is 0 Å². The van der Waals surface area contributed by atoms with Crippen LogP contribution in [0.1, 0.15) is 36.4 Å². The monoisotopic (exact) mass is 227 g/mol. The van der Waals surface area contributed by atoms with E-state index < -0.39 is 0 Å². The molecule has 17 heavy (non-hydrogen) atoms. The lowest BCUT2D eigenvalue weighted by atomic mass is 9.85. The van der Waals surface area contributed by atoms with E-state index in [9.17, 15) is 4.79 Å². The van der Waals surface area contributed by atoms with Crippen molar-refractivity contribution in [2.45, 2.75) is 31.0 Å². The Morgan fingerprint density at radius 3 is 2.71 bits per heavy atom. The maximum absolute atomic E-state index is 12.0. The molecule has 0 radical (unpaired) electrons. The highest BCUT2D eigenvalue weighted by Crippen LogP contribution is 2.37. The summed E-state index contributed by atoms with van der Waals surface area (Å²) in [5, 5.41) is 15.4. The highest BCUT2D eigenvalue weighted by atomic mass is 16.2. The molecule has 1 atom stereocenters. The number of benzene rings is 1. The number of carbonyl (C=O) groups excluding carboxylic acids is 1. The summed E-state index contributed by atoms with van der Waals surface area (Å²) in [5.74, 6) is -0.0209. The Bertz CT molecular complexity index is 514. The standard InChI is InChI=1S/C13H13N3O/c14-8-9-4-1-2-5-10(9)11-12(17)16-13(15-11)6-3-7-13/h1-2,4-5,11,15H,3,6-7H2,(H,16,17)/t11-/m1/s1. The largest absolute Gasteiger partial charge is 0.336 e. The van der Waals surface area contributed by atoms with E-state index in [2.05, 4.69) is 16.7 Å². The van der Waals surface area contributed by atoms with Gasteiger partial charge in [0, 0.05) is 0 Å². The Hall–Kier alpha value is -1.86. The zero-order valence-electron chi connectivity index (χ0n) is 9.36. The van der Waals surface area contributed by atoms with Gasteiger partial charge in [0.15, 0.2) is 0 Å². The average Bonchev–Trinajstić information content (AvgIpc) is 2.67. The van der Waals surface area contributed by atoms with E-state index in [1.54, 1.807) is 6.07 Å². The van der Waals surface area contributed by atoms with Gasteiger partial charge in [-0.1, -0.05) is 18.2 Å². The lowest BCUT2D eigenvalue weighted by Gasteiger charge is -2.38. The van der Waals surface area contributed by atoms with Gasteiger partial charge in [-0.3, -0.25) is 10.1 Å². The number of nitrogens with one attached hydrogen (secondary N) is 2. The molecule has 0 aromatic heterocycles. The number of nitriles is 1. The number of hydrogen-bond donors (Lipinski definition) is 2. The van der Waals surface area contributed by atoms with E-state index >= 15 is 0 Å². The van der Waals surface area contributed by atoms with Crippen molar-refractivity contribution in [1.82, 2.24) is 10.6 Å². The van der Waals surface area contributed by atoms with Crippen LogP contribution in [0.15, 0.2) is 24.3 Å². The molecule has 2 aliphatic rings. The fourth-order valence-corrected chi connectivity index (χ4v) is 2.56. The fraction of sp³-hybridized carbons (Fsp3) is 0.385. The van der Waals surface area contributed by atoms with Crippen molar-refractivity contribution in [3.8, 4) is 6.07 Å². The molecule has 1 heterocycles. The van der Waals surface area contributed by atoms with Crippen LogP contribution < -0.4 is 10.6 Å². The molecule has 0 unspecified atom stereocenters. The summed E-state index contributed by atoms with van der Waals surface area (Å²) in [7, 11) is 0. The molecule has 1 saturated heterocycles. The predicted octanol–water partition coefficient (Wildman–Crippen LogP) is 1.20. The van der Waals surface area contributed by atoms with Crippen LogP contribution in [-0.4, -0.2) is 11.6 Å². The second-order valence-electron chi connectivity index (χ2n) is 4.70. The maximum Gasteiger partial charge on any atom is 0.243 e. The normalized spacial score (nSPS) is 25.1. The Balaban J connectivity index is 1.95. The quantitative estimate of drug-likeness (QED) is 0.757. The summed E-state index contributed by atoms with van der Waals surface area (Å²) in [5.41, 5.74) is 1.14. The SMILES string of the molecule is N#Cc1ccccc1[C@H]1NC2(CCC2)NC1=O. The second kappa shape index (κ2) is 3.57. The first kappa shape index (κ1) is 10.3. The van der Waals surface area contributed by atoms with Crippen LogP contribution in [0.2, 0.25) is 0 Å². The highest BCUT2D eigenvalue weighted by Gasteiger charge is 2.48. The molecule has 86 valence electrons. The summed E-state index contributed by atoms with van der Waals surface area (Å²) in [6, 6.07) is 9.01. The number of carbonyl (C=O) groups is 1. The summed E-state index contributed by atoms with van der Waals surface area (Å²) in [6.45, 7) is 0. The van der Waals surface area contributed by atoms with Crippen molar-refractivity contribution in [2.24, 2.45) is 0 Å². The van der Waals surface area contributed by atoms with E-state index in [4.69, 9.17) is 5.26 Å². The van der Waals surface area contributed by atoms with E-state index in [-0.39, 0.29) is 17.6 Å². The Labute approximate surface area is 99.6 Å². The van der Waals surface area contributed by atoms with Crippen molar-refractivity contribution >= 4 is 5.91 Å². The molecule has 1 saturated carbocycles. The first-order valence-corrected chi connectivity index (χ1v) is 5.83. The number of rotatable bonds is 1. The average molecular weight is 227 g/mol. The minimum Gasteiger partial charge on any atom is -0.336 e. The molecule has 1 aromatic carbocycles. The molecule has 1 aromatic rings. The molecule has 4 nitrogen and oxygen atoms in total. The molecule has 0 bridgehead atoms. The predicted molar refractivity (Wildman–Crippen MR) is 61.8 cm³/mol. The van der Waals surface area contributed by atoms with Crippen LogP contribution in [-0.2, 0) is 4.79 Å². The number of nitrogens with zero attached hydrogens (tertiary/aromatic N) is 1. The van der Waals surface area contributed by atoms with E-state index in [1.165, 1.54) is 0 Å². The summed E-state index contributed by atoms with van der Waals surface area (Å²) < 4.78 is 0. The molecule has 2 N–H and O–H groups in total. The van der Waals surface area contributed by atoms with Crippen LogP contribution >= 0.6 is 0 Å². The van der Waals surface area contributed by atoms with Crippen molar-refractivity contribution in [3.63, 3.8) is 0 Å². The highest BCUT2D eigenvalue weighted by molar-refractivity contribution is 5.87. The van der Waals surface area contributed by atoms with Crippen molar-refractivity contribution in [2.75, 3.05) is 0 Å². The van der Waals surface area contributed by atoms with Crippen LogP contribution in [0, 0.1) is 11.3 Å². The van der Waals surface area contributed by atoms with E-state index in [0.717, 1.165) is 24.8 Å². The van der Waals surface area contributed by atoms with Gasteiger partial charge in [-0.05, 0) is 30.9 Å². The van der Waals surface area contributed by atoms with Gasteiger partial charge in [0.25, 0.3) is 0 Å². The smallest absolute Gasteiger partial charge is 0.243 e. The van der Waals surface area contributed by atoms with Gasteiger partial charge in [0.2, 0.25) is 5.91 Å². The number of amides is 1. The lowest BCUT2D eigenvalue weighted by molar-refractivity contribution is -0.121. The third kappa shape index (κ3) is 1.51. The molecule has 1 aliphatic heterocycles. The Morgan fingerprint density at radius 2 is 2.12 bits per heavy atom. The third-order valence-electron chi connectivity index (χ3n) is 3.64. The van der Waals surface area contributed by atoms with Gasteiger partial charge in [-0.2, -0.15) is 5.26 Å². The van der Waals surface area contributed by atoms with Gasteiger partial charge < -0.3 is 5.32 Å². The molecule has 4 heteroatoms. The van der Waals surface area contributed by atoms with Crippen LogP contribution in [0.4, 0.5) is 0 Å². The third-order valence-corrected chi connectivity index (χ3v) is 3.64. The fourth-order valence-electron chi connectivity index (χ4n) is 2.56. The molecule has 1 aliphatic carbocycles.